The molecule has 0 bridgehead atoms. The Bertz CT molecular complexity index is 122. The van der Waals surface area contributed by atoms with Crippen molar-refractivity contribution in [3.63, 3.8) is 0 Å². The zero-order chi connectivity index (χ0) is 10.3. The number of hydrogen-bond acceptors (Lipinski definition) is 3. The van der Waals surface area contributed by atoms with E-state index in [4.69, 9.17) is 0 Å². The average molecular weight is 203 g/mol. The predicted molar refractivity (Wildman–Crippen MR) is 62.9 cm³/mol. The Morgan fingerprint density at radius 1 is 1.15 bits per heavy atom. The van der Waals surface area contributed by atoms with Gasteiger partial charge >= 0.3 is 0 Å². The summed E-state index contributed by atoms with van der Waals surface area (Å²) in [5.41, 5.74) is 0.251. The van der Waals surface area contributed by atoms with E-state index in [2.05, 4.69) is 43.3 Å². The van der Waals surface area contributed by atoms with Crippen molar-refractivity contribution in [1.82, 2.24) is 15.6 Å². The van der Waals surface area contributed by atoms with Crippen LogP contribution in [-0.2, 0) is 0 Å². The van der Waals surface area contributed by atoms with E-state index in [1.165, 1.54) is 0 Å². The van der Waals surface area contributed by atoms with Crippen LogP contribution in [-0.4, -0.2) is 35.2 Å². The maximum Gasteiger partial charge on any atom is 0.0755 e. The molecule has 0 aliphatic carbocycles. The van der Waals surface area contributed by atoms with E-state index < -0.39 is 0 Å². The molecule has 0 aromatic carbocycles. The Balaban J connectivity index is 3.92. The SMILES string of the molecule is CCNC(CC(C)(C)N[SiH3])NCC. The highest BCUT2D eigenvalue weighted by molar-refractivity contribution is 6.04. The van der Waals surface area contributed by atoms with Crippen molar-refractivity contribution >= 4 is 10.4 Å². The van der Waals surface area contributed by atoms with Gasteiger partial charge in [0, 0.05) is 5.54 Å². The van der Waals surface area contributed by atoms with Crippen LogP contribution in [0.4, 0.5) is 0 Å². The van der Waals surface area contributed by atoms with E-state index in [1.54, 1.807) is 0 Å². The first kappa shape index (κ1) is 13.1. The van der Waals surface area contributed by atoms with Gasteiger partial charge in [-0.3, -0.25) is 0 Å². The largest absolute Gasteiger partial charge is 0.340 e. The maximum atomic E-state index is 3.45. The molecule has 0 saturated carbocycles. The summed E-state index contributed by atoms with van der Waals surface area (Å²) in [5.74, 6) is 0. The Morgan fingerprint density at radius 2 is 1.62 bits per heavy atom. The summed E-state index contributed by atoms with van der Waals surface area (Å²) < 4.78 is 0. The maximum absolute atomic E-state index is 3.45. The summed E-state index contributed by atoms with van der Waals surface area (Å²) in [6, 6.07) is 0. The predicted octanol–water partition coefficient (Wildman–Crippen LogP) is -0.430. The molecule has 0 radical (unpaired) electrons. The van der Waals surface area contributed by atoms with Crippen molar-refractivity contribution in [3.05, 3.63) is 0 Å². The third kappa shape index (κ3) is 6.21. The van der Waals surface area contributed by atoms with Gasteiger partial charge in [-0.05, 0) is 33.4 Å². The van der Waals surface area contributed by atoms with Crippen LogP contribution in [0.5, 0.6) is 0 Å². The van der Waals surface area contributed by atoms with Crippen LogP contribution >= 0.6 is 0 Å². The van der Waals surface area contributed by atoms with Gasteiger partial charge in [-0.25, -0.2) is 0 Å². The molecule has 0 aromatic rings. The molecular weight excluding hydrogens is 178 g/mol. The van der Waals surface area contributed by atoms with Gasteiger partial charge in [0.1, 0.15) is 0 Å². The first-order valence-corrected chi connectivity index (χ1v) is 6.21. The van der Waals surface area contributed by atoms with Crippen LogP contribution in [0.3, 0.4) is 0 Å². The first-order chi connectivity index (χ1) is 6.05. The molecule has 0 unspecified atom stereocenters. The molecule has 0 heterocycles. The molecule has 0 saturated heterocycles. The van der Waals surface area contributed by atoms with Crippen LogP contribution in [0.1, 0.15) is 34.1 Å². The Labute approximate surface area is 85.6 Å². The van der Waals surface area contributed by atoms with Gasteiger partial charge in [-0.15, -0.1) is 0 Å². The van der Waals surface area contributed by atoms with Crippen LogP contribution in [0.25, 0.3) is 0 Å². The lowest BCUT2D eigenvalue weighted by Crippen LogP contribution is -2.50. The van der Waals surface area contributed by atoms with Crippen molar-refractivity contribution in [2.24, 2.45) is 0 Å². The third-order valence-electron chi connectivity index (χ3n) is 2.29. The van der Waals surface area contributed by atoms with Gasteiger partial charge in [-0.1, -0.05) is 13.8 Å². The van der Waals surface area contributed by atoms with Crippen LogP contribution in [0.15, 0.2) is 0 Å². The van der Waals surface area contributed by atoms with E-state index in [9.17, 15) is 0 Å². The molecule has 3 nitrogen and oxygen atoms in total. The Kier molecular flexibility index (Phi) is 6.58. The van der Waals surface area contributed by atoms with E-state index in [-0.39, 0.29) is 5.54 Å². The van der Waals surface area contributed by atoms with E-state index in [0.717, 1.165) is 29.9 Å². The topological polar surface area (TPSA) is 36.1 Å². The molecule has 0 amide bonds. The lowest BCUT2D eigenvalue weighted by Gasteiger charge is -2.30. The van der Waals surface area contributed by atoms with E-state index in [0.29, 0.717) is 6.17 Å². The molecule has 3 N–H and O–H groups in total. The second kappa shape index (κ2) is 6.54. The van der Waals surface area contributed by atoms with Crippen LogP contribution in [0, 0.1) is 0 Å². The van der Waals surface area contributed by atoms with Crippen molar-refractivity contribution in [2.75, 3.05) is 13.1 Å². The molecule has 0 atom stereocenters. The first-order valence-electron chi connectivity index (χ1n) is 5.21. The summed E-state index contributed by atoms with van der Waals surface area (Å²) >= 11 is 0. The standard InChI is InChI=1S/C9H25N3Si/c1-5-10-8(11-6-2)7-9(3,4)12-13/h8,10-12H,5-7H2,1-4,13H3. The molecule has 0 fully saturated rings. The van der Waals surface area contributed by atoms with Gasteiger partial charge in [-0.2, -0.15) is 0 Å². The average Bonchev–Trinajstić information content (AvgIpc) is 2.05. The van der Waals surface area contributed by atoms with Gasteiger partial charge in [0.2, 0.25) is 0 Å². The fraction of sp³-hybridized carbons (Fsp3) is 1.00. The van der Waals surface area contributed by atoms with Crippen LogP contribution < -0.4 is 15.6 Å². The molecule has 13 heavy (non-hydrogen) atoms. The minimum Gasteiger partial charge on any atom is -0.340 e. The fourth-order valence-electron chi connectivity index (χ4n) is 1.32. The highest BCUT2D eigenvalue weighted by Gasteiger charge is 2.19. The minimum atomic E-state index is 0.251. The van der Waals surface area contributed by atoms with Gasteiger partial charge in [0.15, 0.2) is 0 Å². The molecule has 0 aliphatic rings. The van der Waals surface area contributed by atoms with Gasteiger partial charge in [0.25, 0.3) is 0 Å². The monoisotopic (exact) mass is 203 g/mol. The van der Waals surface area contributed by atoms with Gasteiger partial charge in [0.05, 0.1) is 16.6 Å². The minimum absolute atomic E-state index is 0.251. The van der Waals surface area contributed by atoms with Gasteiger partial charge < -0.3 is 15.6 Å². The van der Waals surface area contributed by atoms with Crippen molar-refractivity contribution in [3.8, 4) is 0 Å². The summed E-state index contributed by atoms with van der Waals surface area (Å²) in [6.45, 7) is 10.8. The lowest BCUT2D eigenvalue weighted by molar-refractivity contribution is 0.319. The summed E-state index contributed by atoms with van der Waals surface area (Å²) in [5, 5.41) is 6.88. The summed E-state index contributed by atoms with van der Waals surface area (Å²) in [7, 11) is 1.06. The quantitative estimate of drug-likeness (QED) is 0.388. The summed E-state index contributed by atoms with van der Waals surface area (Å²) in [4.78, 5) is 3.45. The molecule has 80 valence electrons. The number of hydrogen-bond donors (Lipinski definition) is 3. The smallest absolute Gasteiger partial charge is 0.0755 e. The Morgan fingerprint density at radius 3 is 1.92 bits per heavy atom. The second-order valence-electron chi connectivity index (χ2n) is 4.01. The zero-order valence-electron chi connectivity index (χ0n) is 9.70. The van der Waals surface area contributed by atoms with Crippen molar-refractivity contribution in [1.29, 1.82) is 0 Å². The van der Waals surface area contributed by atoms with E-state index in [1.807, 2.05) is 0 Å². The van der Waals surface area contributed by atoms with Crippen LogP contribution in [0.2, 0.25) is 0 Å². The normalized spacial score (nSPS) is 12.7. The highest BCUT2D eigenvalue weighted by Crippen LogP contribution is 2.08. The molecule has 0 spiro atoms. The molecule has 0 aliphatic heterocycles. The fourth-order valence-corrected chi connectivity index (χ4v) is 1.53. The number of nitrogens with one attached hydrogen (secondary N) is 3. The Hall–Kier alpha value is 0.0969. The van der Waals surface area contributed by atoms with Crippen molar-refractivity contribution < 1.29 is 0 Å². The van der Waals surface area contributed by atoms with Crippen molar-refractivity contribution in [2.45, 2.75) is 45.8 Å². The molecule has 0 aromatic heterocycles. The molecular formula is C9H25N3Si. The molecule has 4 heteroatoms. The third-order valence-corrected chi connectivity index (χ3v) is 3.65. The lowest BCUT2D eigenvalue weighted by atomic mass is 10.00. The van der Waals surface area contributed by atoms with E-state index >= 15 is 0 Å². The second-order valence-corrected chi connectivity index (χ2v) is 4.51. The number of rotatable bonds is 7. The highest BCUT2D eigenvalue weighted by atomic mass is 28.2. The molecule has 0 rings (SSSR count). The zero-order valence-corrected chi connectivity index (χ0v) is 11.7. The summed E-state index contributed by atoms with van der Waals surface area (Å²) in [6.07, 6.45) is 1.56.